The highest BCUT2D eigenvalue weighted by molar-refractivity contribution is 9.10. The lowest BCUT2D eigenvalue weighted by Gasteiger charge is -1.96. The van der Waals surface area contributed by atoms with Gasteiger partial charge in [0.05, 0.1) is 5.69 Å². The van der Waals surface area contributed by atoms with E-state index in [0.29, 0.717) is 6.42 Å². The van der Waals surface area contributed by atoms with E-state index in [9.17, 15) is 4.79 Å². The van der Waals surface area contributed by atoms with Gasteiger partial charge in [-0.2, -0.15) is 0 Å². The van der Waals surface area contributed by atoms with Gasteiger partial charge in [-0.1, -0.05) is 35.7 Å². The number of carbonyl (C=O) groups excluding carboxylic acids is 1. The number of benzene rings is 1. The number of unbranched alkanes of at least 4 members (excludes halogenated alkanes) is 2. The van der Waals surface area contributed by atoms with Crippen LogP contribution in [0.1, 0.15) is 43.1 Å². The van der Waals surface area contributed by atoms with E-state index in [2.05, 4.69) is 27.8 Å². The number of hydrogen-bond acceptors (Lipinski definition) is 1. The molecule has 3 heteroatoms. The molecular weight excluding hydrogens is 278 g/mol. The zero-order valence-electron chi connectivity index (χ0n) is 9.92. The molecule has 0 amide bonds. The maximum absolute atomic E-state index is 11.9. The lowest BCUT2D eigenvalue weighted by atomic mass is 10.1. The van der Waals surface area contributed by atoms with Crippen LogP contribution in [0, 0.1) is 0 Å². The summed E-state index contributed by atoms with van der Waals surface area (Å²) in [5.41, 5.74) is 1.75. The first-order valence-electron chi connectivity index (χ1n) is 6.02. The van der Waals surface area contributed by atoms with Crippen LogP contribution in [0.15, 0.2) is 28.7 Å². The Morgan fingerprint density at radius 2 is 2.12 bits per heavy atom. The minimum absolute atomic E-state index is 0.214. The van der Waals surface area contributed by atoms with E-state index in [-0.39, 0.29) is 5.78 Å². The first-order chi connectivity index (χ1) is 8.20. The lowest BCUT2D eigenvalue weighted by Crippen LogP contribution is -1.98. The van der Waals surface area contributed by atoms with Crippen molar-refractivity contribution >= 4 is 32.6 Å². The minimum atomic E-state index is 0.214. The Bertz CT molecular complexity index is 530. The molecule has 2 aromatic rings. The van der Waals surface area contributed by atoms with Gasteiger partial charge in [-0.15, -0.1) is 0 Å². The monoisotopic (exact) mass is 293 g/mol. The number of carbonyl (C=O) groups is 1. The molecule has 0 bridgehead atoms. The highest BCUT2D eigenvalue weighted by atomic mass is 79.9. The predicted octanol–water partition coefficient (Wildman–Crippen LogP) is 4.69. The number of fused-ring (bicyclic) bond motifs is 1. The van der Waals surface area contributed by atoms with Crippen LogP contribution in [0.3, 0.4) is 0 Å². The van der Waals surface area contributed by atoms with Crippen molar-refractivity contribution in [3.63, 3.8) is 0 Å². The van der Waals surface area contributed by atoms with Crippen molar-refractivity contribution in [2.75, 3.05) is 0 Å². The van der Waals surface area contributed by atoms with E-state index in [4.69, 9.17) is 0 Å². The molecule has 1 heterocycles. The molecule has 0 aliphatic carbocycles. The summed E-state index contributed by atoms with van der Waals surface area (Å²) in [4.78, 5) is 15.1. The zero-order chi connectivity index (χ0) is 12.3. The normalized spacial score (nSPS) is 10.9. The first kappa shape index (κ1) is 12.4. The van der Waals surface area contributed by atoms with E-state index in [1.807, 2.05) is 24.3 Å². The summed E-state index contributed by atoms with van der Waals surface area (Å²) in [6, 6.07) is 7.93. The second-order valence-corrected chi connectivity index (χ2v) is 5.21. The largest absolute Gasteiger partial charge is 0.352 e. The molecule has 0 saturated carbocycles. The molecule has 2 nitrogen and oxygen atoms in total. The number of aromatic nitrogens is 1. The van der Waals surface area contributed by atoms with E-state index >= 15 is 0 Å². The third-order valence-corrected chi connectivity index (χ3v) is 3.38. The first-order valence-corrected chi connectivity index (χ1v) is 6.81. The number of H-pyrrole nitrogens is 1. The Hall–Kier alpha value is -1.09. The van der Waals surface area contributed by atoms with Crippen LogP contribution < -0.4 is 0 Å². The van der Waals surface area contributed by atoms with Gasteiger partial charge in [-0.25, -0.2) is 0 Å². The Morgan fingerprint density at radius 1 is 1.29 bits per heavy atom. The van der Waals surface area contributed by atoms with Gasteiger partial charge in [0.1, 0.15) is 0 Å². The van der Waals surface area contributed by atoms with Gasteiger partial charge < -0.3 is 4.98 Å². The zero-order valence-corrected chi connectivity index (χ0v) is 11.5. The number of hydrogen-bond donors (Lipinski definition) is 1. The fourth-order valence-electron chi connectivity index (χ4n) is 1.92. The number of halogens is 1. The summed E-state index contributed by atoms with van der Waals surface area (Å²) in [5.74, 6) is 0.214. The van der Waals surface area contributed by atoms with E-state index in [0.717, 1.165) is 40.3 Å². The van der Waals surface area contributed by atoms with Crippen molar-refractivity contribution in [3.8, 4) is 0 Å². The second kappa shape index (κ2) is 5.50. The number of Topliss-reactive ketones (excluding diaryl/α,β-unsaturated/α-hetero) is 1. The van der Waals surface area contributed by atoms with Crippen LogP contribution in [0.5, 0.6) is 0 Å². The summed E-state index contributed by atoms with van der Waals surface area (Å²) < 4.78 is 1.04. The van der Waals surface area contributed by atoms with Crippen molar-refractivity contribution in [2.24, 2.45) is 0 Å². The highest BCUT2D eigenvalue weighted by Gasteiger charge is 2.09. The smallest absolute Gasteiger partial charge is 0.179 e. The molecule has 1 aromatic carbocycles. The Kier molecular flexibility index (Phi) is 4.00. The Balaban J connectivity index is 2.15. The Labute approximate surface area is 110 Å². The molecule has 90 valence electrons. The standard InChI is InChI=1S/C14H16BrNO/c1-2-3-4-5-14(17)13-9-10-8-11(15)6-7-12(10)16-13/h6-9,16H,2-5H2,1H3. The van der Waals surface area contributed by atoms with Crippen LogP contribution in [0.25, 0.3) is 10.9 Å². The van der Waals surface area contributed by atoms with Crippen molar-refractivity contribution < 1.29 is 4.79 Å². The summed E-state index contributed by atoms with van der Waals surface area (Å²) >= 11 is 3.43. The van der Waals surface area contributed by atoms with E-state index < -0.39 is 0 Å². The SMILES string of the molecule is CCCCCC(=O)c1cc2cc(Br)ccc2[nH]1. The van der Waals surface area contributed by atoms with Crippen molar-refractivity contribution in [1.29, 1.82) is 0 Å². The summed E-state index contributed by atoms with van der Waals surface area (Å²) in [5, 5.41) is 1.08. The average Bonchev–Trinajstić information content (AvgIpc) is 2.72. The van der Waals surface area contributed by atoms with Crippen LogP contribution in [-0.2, 0) is 0 Å². The number of rotatable bonds is 5. The predicted molar refractivity (Wildman–Crippen MR) is 74.5 cm³/mol. The van der Waals surface area contributed by atoms with Gasteiger partial charge in [0.25, 0.3) is 0 Å². The molecular formula is C14H16BrNO. The molecule has 0 unspecified atom stereocenters. The Morgan fingerprint density at radius 3 is 2.88 bits per heavy atom. The van der Waals surface area contributed by atoms with Crippen LogP contribution in [0.2, 0.25) is 0 Å². The van der Waals surface area contributed by atoms with Gasteiger partial charge in [-0.3, -0.25) is 4.79 Å². The fraction of sp³-hybridized carbons (Fsp3) is 0.357. The highest BCUT2D eigenvalue weighted by Crippen LogP contribution is 2.21. The third kappa shape index (κ3) is 2.97. The summed E-state index contributed by atoms with van der Waals surface area (Å²) in [6.07, 6.45) is 3.89. The van der Waals surface area contributed by atoms with E-state index in [1.165, 1.54) is 0 Å². The third-order valence-electron chi connectivity index (χ3n) is 2.89. The van der Waals surface area contributed by atoms with Crippen molar-refractivity contribution in [2.45, 2.75) is 32.6 Å². The van der Waals surface area contributed by atoms with Crippen molar-refractivity contribution in [1.82, 2.24) is 4.98 Å². The molecule has 1 aromatic heterocycles. The van der Waals surface area contributed by atoms with E-state index in [1.54, 1.807) is 0 Å². The molecule has 0 radical (unpaired) electrons. The molecule has 17 heavy (non-hydrogen) atoms. The maximum Gasteiger partial charge on any atom is 0.179 e. The molecule has 0 saturated heterocycles. The van der Waals surface area contributed by atoms with Gasteiger partial charge in [0.2, 0.25) is 0 Å². The lowest BCUT2D eigenvalue weighted by molar-refractivity contribution is 0.0975. The maximum atomic E-state index is 11.9. The number of aromatic amines is 1. The van der Waals surface area contributed by atoms with Gasteiger partial charge in [0.15, 0.2) is 5.78 Å². The fourth-order valence-corrected chi connectivity index (χ4v) is 2.30. The minimum Gasteiger partial charge on any atom is -0.352 e. The summed E-state index contributed by atoms with van der Waals surface area (Å²) in [7, 11) is 0. The van der Waals surface area contributed by atoms with Gasteiger partial charge >= 0.3 is 0 Å². The van der Waals surface area contributed by atoms with Crippen LogP contribution in [-0.4, -0.2) is 10.8 Å². The van der Waals surface area contributed by atoms with Crippen molar-refractivity contribution in [3.05, 3.63) is 34.4 Å². The molecule has 0 spiro atoms. The second-order valence-electron chi connectivity index (χ2n) is 4.29. The quantitative estimate of drug-likeness (QED) is 0.629. The molecule has 0 aliphatic rings. The topological polar surface area (TPSA) is 32.9 Å². The number of nitrogens with one attached hydrogen (secondary N) is 1. The molecule has 1 N–H and O–H groups in total. The van der Waals surface area contributed by atoms with Gasteiger partial charge in [-0.05, 0) is 30.7 Å². The summed E-state index contributed by atoms with van der Waals surface area (Å²) in [6.45, 7) is 2.14. The molecule has 2 rings (SSSR count). The number of ketones is 1. The van der Waals surface area contributed by atoms with Crippen LogP contribution >= 0.6 is 15.9 Å². The molecule has 0 fully saturated rings. The molecule has 0 aliphatic heterocycles. The molecule has 0 atom stereocenters. The van der Waals surface area contributed by atoms with Gasteiger partial charge in [0, 0.05) is 21.8 Å². The average molecular weight is 294 g/mol. The van der Waals surface area contributed by atoms with Crippen LogP contribution in [0.4, 0.5) is 0 Å².